The Hall–Kier alpha value is -2.04. The average molecular weight is 317 g/mol. The van der Waals surface area contributed by atoms with Crippen LogP contribution in [0, 0.1) is 0 Å². The minimum absolute atomic E-state index is 0.102. The Bertz CT molecular complexity index is 674. The van der Waals surface area contributed by atoms with E-state index in [0.717, 1.165) is 30.1 Å². The maximum Gasteiger partial charge on any atom is 0.232 e. The molecule has 4 nitrogen and oxygen atoms in total. The van der Waals surface area contributed by atoms with Gasteiger partial charge in [-0.15, -0.1) is 0 Å². The van der Waals surface area contributed by atoms with Crippen molar-refractivity contribution in [2.45, 2.75) is 6.10 Å². The molecule has 3 rings (SSSR count). The molecule has 0 saturated heterocycles. The lowest BCUT2D eigenvalue weighted by Crippen LogP contribution is -2.37. The number of para-hydroxylation sites is 1. The summed E-state index contributed by atoms with van der Waals surface area (Å²) in [7, 11) is 1.56. The number of hydrogen-bond donors (Lipinski definition) is 1. The van der Waals surface area contributed by atoms with Crippen molar-refractivity contribution in [1.82, 2.24) is 10.3 Å². The summed E-state index contributed by atoms with van der Waals surface area (Å²) in [5, 5.41) is 3.81. The van der Waals surface area contributed by atoms with Crippen molar-refractivity contribution >= 4 is 17.2 Å². The van der Waals surface area contributed by atoms with Gasteiger partial charge in [-0.05, 0) is 24.3 Å². The quantitative estimate of drug-likeness (QED) is 0.941. The predicted molar refractivity (Wildman–Crippen MR) is 87.5 cm³/mol. The van der Waals surface area contributed by atoms with Gasteiger partial charge in [0.25, 0.3) is 0 Å². The highest BCUT2D eigenvalue weighted by atomic mass is 35.5. The van der Waals surface area contributed by atoms with Crippen LogP contribution in [0.4, 0.5) is 0 Å². The second-order valence-electron chi connectivity index (χ2n) is 4.92. The third-order valence-electron chi connectivity index (χ3n) is 3.47. The van der Waals surface area contributed by atoms with Crippen LogP contribution in [0.25, 0.3) is 5.57 Å². The number of nitrogens with zero attached hydrogens (tertiary/aromatic N) is 1. The lowest BCUT2D eigenvalue weighted by Gasteiger charge is -2.26. The Labute approximate surface area is 134 Å². The smallest absolute Gasteiger partial charge is 0.232 e. The molecule has 0 radical (unpaired) electrons. The van der Waals surface area contributed by atoms with Gasteiger partial charge in [0.05, 0.1) is 12.8 Å². The first-order valence-corrected chi connectivity index (χ1v) is 7.49. The molecule has 0 unspecified atom stereocenters. The first-order chi connectivity index (χ1) is 10.8. The highest BCUT2D eigenvalue weighted by Gasteiger charge is 2.22. The van der Waals surface area contributed by atoms with Crippen LogP contribution in [0.1, 0.15) is 5.69 Å². The van der Waals surface area contributed by atoms with E-state index in [9.17, 15) is 0 Å². The van der Waals surface area contributed by atoms with E-state index >= 15 is 0 Å². The van der Waals surface area contributed by atoms with Gasteiger partial charge in [-0.3, -0.25) is 0 Å². The fourth-order valence-corrected chi connectivity index (χ4v) is 2.59. The molecular weight excluding hydrogens is 300 g/mol. The summed E-state index contributed by atoms with van der Waals surface area (Å²) in [5.41, 5.74) is 1.86. The molecule has 0 bridgehead atoms. The number of halogens is 1. The minimum atomic E-state index is -0.102. The molecule has 22 heavy (non-hydrogen) atoms. The van der Waals surface area contributed by atoms with Crippen LogP contribution in [0.3, 0.4) is 0 Å². The van der Waals surface area contributed by atoms with Crippen molar-refractivity contribution in [1.29, 1.82) is 0 Å². The van der Waals surface area contributed by atoms with Crippen molar-refractivity contribution in [3.05, 3.63) is 59.3 Å². The van der Waals surface area contributed by atoms with E-state index in [-0.39, 0.29) is 6.10 Å². The summed E-state index contributed by atoms with van der Waals surface area (Å²) in [6.45, 7) is 1.52. The molecule has 0 saturated carbocycles. The molecular formula is C17H17ClN2O2. The van der Waals surface area contributed by atoms with Gasteiger partial charge in [0, 0.05) is 18.7 Å². The molecule has 1 aliphatic heterocycles. The van der Waals surface area contributed by atoms with Crippen LogP contribution in [-0.2, 0) is 0 Å². The van der Waals surface area contributed by atoms with Crippen LogP contribution >= 0.6 is 11.6 Å². The van der Waals surface area contributed by atoms with Gasteiger partial charge in [-0.1, -0.05) is 35.9 Å². The zero-order valence-electron chi connectivity index (χ0n) is 12.3. The first-order valence-electron chi connectivity index (χ1n) is 7.11. The van der Waals surface area contributed by atoms with E-state index < -0.39 is 0 Å². The van der Waals surface area contributed by atoms with Crippen molar-refractivity contribution in [2.75, 3.05) is 20.2 Å². The summed E-state index contributed by atoms with van der Waals surface area (Å²) >= 11 is 6.05. The Morgan fingerprint density at radius 3 is 2.77 bits per heavy atom. The summed E-state index contributed by atoms with van der Waals surface area (Å²) in [5.74, 6) is 1.26. The van der Waals surface area contributed by atoms with Gasteiger partial charge >= 0.3 is 0 Å². The third-order valence-corrected chi connectivity index (χ3v) is 3.76. The van der Waals surface area contributed by atoms with E-state index in [2.05, 4.69) is 16.4 Å². The topological polar surface area (TPSA) is 43.4 Å². The maximum atomic E-state index is 6.08. The lowest BCUT2D eigenvalue weighted by atomic mass is 10.0. The van der Waals surface area contributed by atoms with E-state index in [1.54, 1.807) is 13.2 Å². The molecule has 5 heteroatoms. The fourth-order valence-electron chi connectivity index (χ4n) is 2.40. The van der Waals surface area contributed by atoms with Gasteiger partial charge in [0.15, 0.2) is 0 Å². The zero-order chi connectivity index (χ0) is 15.4. The van der Waals surface area contributed by atoms with Crippen LogP contribution < -0.4 is 14.8 Å². The molecule has 0 fully saturated rings. The van der Waals surface area contributed by atoms with Gasteiger partial charge in [0.2, 0.25) is 5.88 Å². The van der Waals surface area contributed by atoms with Crippen LogP contribution in [-0.4, -0.2) is 31.3 Å². The number of pyridine rings is 1. The van der Waals surface area contributed by atoms with Crippen molar-refractivity contribution in [3.8, 4) is 11.6 Å². The molecule has 0 amide bonds. The standard InChI is InChI=1S/C17H17ClN2O2/c1-21-17-14(18)7-8-15(20-17)13-9-10-19-11-16(13)22-12-5-3-2-4-6-12/h2-9,16,19H,10-11H2,1H3/t16-/m0/s1. The second kappa shape index (κ2) is 6.81. The van der Waals surface area contributed by atoms with Crippen LogP contribution in [0.2, 0.25) is 5.02 Å². The summed E-state index contributed by atoms with van der Waals surface area (Å²) in [4.78, 5) is 4.48. The maximum absolute atomic E-state index is 6.08. The third kappa shape index (κ3) is 3.24. The van der Waals surface area contributed by atoms with Gasteiger partial charge in [-0.2, -0.15) is 0 Å². The Morgan fingerprint density at radius 1 is 1.18 bits per heavy atom. The molecule has 1 aliphatic rings. The number of rotatable bonds is 4. The summed E-state index contributed by atoms with van der Waals surface area (Å²) in [6.07, 6.45) is 1.99. The molecule has 2 aromatic rings. The largest absolute Gasteiger partial charge is 0.484 e. The number of benzene rings is 1. The van der Waals surface area contributed by atoms with Crippen molar-refractivity contribution in [3.63, 3.8) is 0 Å². The molecule has 1 aromatic heterocycles. The number of nitrogens with one attached hydrogen (secondary N) is 1. The molecule has 1 aromatic carbocycles. The van der Waals surface area contributed by atoms with E-state index in [4.69, 9.17) is 21.1 Å². The zero-order valence-corrected chi connectivity index (χ0v) is 13.0. The second-order valence-corrected chi connectivity index (χ2v) is 5.33. The van der Waals surface area contributed by atoms with Gasteiger partial charge < -0.3 is 14.8 Å². The average Bonchev–Trinajstić information content (AvgIpc) is 2.57. The Balaban J connectivity index is 1.88. The van der Waals surface area contributed by atoms with E-state index in [0.29, 0.717) is 10.9 Å². The summed E-state index contributed by atoms with van der Waals surface area (Å²) in [6, 6.07) is 13.5. The van der Waals surface area contributed by atoms with Crippen LogP contribution in [0.15, 0.2) is 48.5 Å². The monoisotopic (exact) mass is 316 g/mol. The molecule has 114 valence electrons. The fraction of sp³-hybridized carbons (Fsp3) is 0.235. The van der Waals surface area contributed by atoms with E-state index in [1.807, 2.05) is 36.4 Å². The van der Waals surface area contributed by atoms with Crippen molar-refractivity contribution in [2.24, 2.45) is 0 Å². The predicted octanol–water partition coefficient (Wildman–Crippen LogP) is 3.18. The Morgan fingerprint density at radius 2 is 2.00 bits per heavy atom. The number of aromatic nitrogens is 1. The molecule has 0 spiro atoms. The minimum Gasteiger partial charge on any atom is -0.484 e. The lowest BCUT2D eigenvalue weighted by molar-refractivity contribution is 0.249. The van der Waals surface area contributed by atoms with E-state index in [1.165, 1.54) is 0 Å². The number of hydrogen-bond acceptors (Lipinski definition) is 4. The molecule has 1 N–H and O–H groups in total. The van der Waals surface area contributed by atoms with Gasteiger partial charge in [0.1, 0.15) is 16.9 Å². The Kier molecular flexibility index (Phi) is 4.61. The summed E-state index contributed by atoms with van der Waals surface area (Å²) < 4.78 is 11.3. The number of methoxy groups -OCH3 is 1. The highest BCUT2D eigenvalue weighted by Crippen LogP contribution is 2.28. The normalized spacial score (nSPS) is 17.7. The molecule has 2 heterocycles. The molecule has 1 atom stereocenters. The first kappa shape index (κ1) is 14.9. The van der Waals surface area contributed by atoms with Gasteiger partial charge in [-0.25, -0.2) is 4.98 Å². The highest BCUT2D eigenvalue weighted by molar-refractivity contribution is 6.31. The van der Waals surface area contributed by atoms with Crippen molar-refractivity contribution < 1.29 is 9.47 Å². The number of ether oxygens (including phenoxy) is 2. The SMILES string of the molecule is COc1nc(C2=CCNC[C@@H]2Oc2ccccc2)ccc1Cl. The molecule has 0 aliphatic carbocycles. The van der Waals surface area contributed by atoms with Crippen LogP contribution in [0.5, 0.6) is 11.6 Å².